The SMILES string of the molecule is COC(=O)[C@H](CCSC)NC(=O)N1CCOC(COc2cccnc2Cl)C1. The third-order valence-electron chi connectivity index (χ3n) is 3.97. The van der Waals surface area contributed by atoms with E-state index in [1.807, 2.05) is 6.26 Å². The zero-order chi connectivity index (χ0) is 19.6. The van der Waals surface area contributed by atoms with Gasteiger partial charge in [0.25, 0.3) is 0 Å². The van der Waals surface area contributed by atoms with Gasteiger partial charge in [0.15, 0.2) is 10.9 Å². The maximum Gasteiger partial charge on any atom is 0.328 e. The lowest BCUT2D eigenvalue weighted by molar-refractivity contribution is -0.143. The summed E-state index contributed by atoms with van der Waals surface area (Å²) < 4.78 is 16.1. The van der Waals surface area contributed by atoms with Crippen LogP contribution in [0.3, 0.4) is 0 Å². The standard InChI is InChI=1S/C17H24ClN3O5S/c1-24-16(22)13(5-9-27-2)20-17(23)21-7-8-25-12(10-21)11-26-14-4-3-6-19-15(14)18/h3-4,6,12-13H,5,7-11H2,1-2H3,(H,20,23)/t12?,13-/m0/s1. The molecule has 0 radical (unpaired) electrons. The second kappa shape index (κ2) is 11.2. The van der Waals surface area contributed by atoms with Gasteiger partial charge in [0.2, 0.25) is 0 Å². The molecule has 1 saturated heterocycles. The number of nitrogens with zero attached hydrogens (tertiary/aromatic N) is 2. The number of hydrogen-bond donors (Lipinski definition) is 1. The fourth-order valence-corrected chi connectivity index (χ4v) is 3.18. The summed E-state index contributed by atoms with van der Waals surface area (Å²) in [5, 5.41) is 3.02. The highest BCUT2D eigenvalue weighted by Gasteiger charge is 2.28. The fourth-order valence-electron chi connectivity index (χ4n) is 2.53. The van der Waals surface area contributed by atoms with Crippen molar-refractivity contribution in [2.24, 2.45) is 0 Å². The molecule has 1 aliphatic heterocycles. The second-order valence-electron chi connectivity index (χ2n) is 5.85. The Morgan fingerprint density at radius 3 is 3.07 bits per heavy atom. The number of carbonyl (C=O) groups excluding carboxylic acids is 2. The normalized spacial score (nSPS) is 17.9. The maximum absolute atomic E-state index is 12.5. The Hall–Kier alpha value is -1.71. The Bertz CT molecular complexity index is 636. The first-order valence-electron chi connectivity index (χ1n) is 8.52. The number of carbonyl (C=O) groups is 2. The molecule has 150 valence electrons. The summed E-state index contributed by atoms with van der Waals surface area (Å²) in [7, 11) is 1.31. The number of rotatable bonds is 8. The third kappa shape index (κ3) is 6.75. The Labute approximate surface area is 167 Å². The number of methoxy groups -OCH3 is 1. The molecule has 1 aromatic rings. The zero-order valence-corrected chi connectivity index (χ0v) is 16.9. The molecular weight excluding hydrogens is 394 g/mol. The van der Waals surface area contributed by atoms with Crippen molar-refractivity contribution in [3.63, 3.8) is 0 Å². The summed E-state index contributed by atoms with van der Waals surface area (Å²) in [5.41, 5.74) is 0. The molecule has 0 aromatic carbocycles. The molecule has 1 unspecified atom stereocenters. The van der Waals surface area contributed by atoms with Crippen LogP contribution in [0.25, 0.3) is 0 Å². The molecule has 10 heteroatoms. The highest BCUT2D eigenvalue weighted by molar-refractivity contribution is 7.98. The van der Waals surface area contributed by atoms with Gasteiger partial charge in [-0.25, -0.2) is 14.6 Å². The van der Waals surface area contributed by atoms with Crippen molar-refractivity contribution in [1.82, 2.24) is 15.2 Å². The van der Waals surface area contributed by atoms with Gasteiger partial charge in [-0.05, 0) is 30.6 Å². The topological polar surface area (TPSA) is 90.0 Å². The monoisotopic (exact) mass is 417 g/mol. The lowest BCUT2D eigenvalue weighted by Gasteiger charge is -2.33. The van der Waals surface area contributed by atoms with Crippen LogP contribution in [0.1, 0.15) is 6.42 Å². The number of amides is 2. The molecule has 2 amide bonds. The summed E-state index contributed by atoms with van der Waals surface area (Å²) in [6.07, 6.45) is 3.73. The molecule has 1 aromatic heterocycles. The smallest absolute Gasteiger partial charge is 0.328 e. The van der Waals surface area contributed by atoms with Crippen molar-refractivity contribution in [2.75, 3.05) is 45.4 Å². The molecule has 0 aliphatic carbocycles. The maximum atomic E-state index is 12.5. The second-order valence-corrected chi connectivity index (χ2v) is 7.19. The number of esters is 1. The Morgan fingerprint density at radius 2 is 2.37 bits per heavy atom. The van der Waals surface area contributed by atoms with Crippen molar-refractivity contribution in [3.8, 4) is 5.75 Å². The number of halogens is 1. The molecule has 2 heterocycles. The minimum atomic E-state index is -0.665. The molecule has 0 saturated carbocycles. The number of nitrogens with one attached hydrogen (secondary N) is 1. The van der Waals surface area contributed by atoms with Crippen LogP contribution in [0.2, 0.25) is 5.15 Å². The Morgan fingerprint density at radius 1 is 1.56 bits per heavy atom. The lowest BCUT2D eigenvalue weighted by Crippen LogP contribution is -2.54. The van der Waals surface area contributed by atoms with E-state index in [4.69, 9.17) is 25.8 Å². The summed E-state index contributed by atoms with van der Waals surface area (Å²) in [6, 6.07) is 2.46. The predicted octanol–water partition coefficient (Wildman–Crippen LogP) is 1.82. The summed E-state index contributed by atoms with van der Waals surface area (Å²) in [6.45, 7) is 1.41. The number of pyridine rings is 1. The van der Waals surface area contributed by atoms with E-state index in [0.29, 0.717) is 31.9 Å². The number of hydrogen-bond acceptors (Lipinski definition) is 7. The Kier molecular flexibility index (Phi) is 8.96. The van der Waals surface area contributed by atoms with E-state index in [2.05, 4.69) is 10.3 Å². The largest absolute Gasteiger partial charge is 0.488 e. The number of urea groups is 1. The highest BCUT2D eigenvalue weighted by Crippen LogP contribution is 2.21. The zero-order valence-electron chi connectivity index (χ0n) is 15.4. The summed E-state index contributed by atoms with van der Waals surface area (Å²) in [4.78, 5) is 30.0. The van der Waals surface area contributed by atoms with E-state index >= 15 is 0 Å². The van der Waals surface area contributed by atoms with Crippen molar-refractivity contribution in [1.29, 1.82) is 0 Å². The van der Waals surface area contributed by atoms with Crippen LogP contribution < -0.4 is 10.1 Å². The minimum absolute atomic E-state index is 0.238. The number of thioether (sulfide) groups is 1. The average Bonchev–Trinajstić information content (AvgIpc) is 2.70. The first kappa shape index (κ1) is 21.6. The van der Waals surface area contributed by atoms with E-state index in [-0.39, 0.29) is 23.9 Å². The number of aromatic nitrogens is 1. The molecule has 27 heavy (non-hydrogen) atoms. The summed E-state index contributed by atoms with van der Waals surface area (Å²) in [5.74, 6) is 0.759. The Balaban J connectivity index is 1.87. The first-order chi connectivity index (χ1) is 13.0. The van der Waals surface area contributed by atoms with Gasteiger partial charge in [0.1, 0.15) is 18.8 Å². The van der Waals surface area contributed by atoms with Crippen LogP contribution in [0.4, 0.5) is 4.79 Å². The van der Waals surface area contributed by atoms with Crippen molar-refractivity contribution in [2.45, 2.75) is 18.6 Å². The molecule has 1 N–H and O–H groups in total. The third-order valence-corrected chi connectivity index (χ3v) is 4.90. The number of morpholine rings is 1. The van der Waals surface area contributed by atoms with E-state index in [9.17, 15) is 9.59 Å². The van der Waals surface area contributed by atoms with Gasteiger partial charge in [-0.15, -0.1) is 0 Å². The molecule has 0 spiro atoms. The van der Waals surface area contributed by atoms with E-state index in [0.717, 1.165) is 5.75 Å². The van der Waals surface area contributed by atoms with Gasteiger partial charge in [0, 0.05) is 12.7 Å². The molecule has 2 rings (SSSR count). The van der Waals surface area contributed by atoms with Crippen LogP contribution in [0, 0.1) is 0 Å². The fraction of sp³-hybridized carbons (Fsp3) is 0.588. The highest BCUT2D eigenvalue weighted by atomic mass is 35.5. The molecule has 0 bridgehead atoms. The van der Waals surface area contributed by atoms with E-state index in [1.165, 1.54) is 7.11 Å². The van der Waals surface area contributed by atoms with Gasteiger partial charge in [0.05, 0.1) is 20.3 Å². The van der Waals surface area contributed by atoms with Gasteiger partial charge in [-0.1, -0.05) is 11.6 Å². The lowest BCUT2D eigenvalue weighted by atomic mass is 10.2. The molecule has 1 aliphatic rings. The van der Waals surface area contributed by atoms with Crippen LogP contribution in [-0.2, 0) is 14.3 Å². The molecular formula is C17H24ClN3O5S. The summed E-state index contributed by atoms with van der Waals surface area (Å²) >= 11 is 7.57. The van der Waals surface area contributed by atoms with Gasteiger partial charge < -0.3 is 24.4 Å². The molecule has 2 atom stereocenters. The average molecular weight is 418 g/mol. The van der Waals surface area contributed by atoms with Crippen LogP contribution >= 0.6 is 23.4 Å². The van der Waals surface area contributed by atoms with E-state index in [1.54, 1.807) is 35.0 Å². The van der Waals surface area contributed by atoms with Gasteiger partial charge in [-0.2, -0.15) is 11.8 Å². The van der Waals surface area contributed by atoms with Crippen molar-refractivity contribution in [3.05, 3.63) is 23.5 Å². The van der Waals surface area contributed by atoms with Crippen molar-refractivity contribution >= 4 is 35.4 Å². The predicted molar refractivity (Wildman–Crippen MR) is 103 cm³/mol. The number of ether oxygens (including phenoxy) is 3. The first-order valence-corrected chi connectivity index (χ1v) is 10.3. The molecule has 1 fully saturated rings. The van der Waals surface area contributed by atoms with Gasteiger partial charge in [-0.3, -0.25) is 0 Å². The van der Waals surface area contributed by atoms with E-state index < -0.39 is 12.0 Å². The van der Waals surface area contributed by atoms with Crippen molar-refractivity contribution < 1.29 is 23.8 Å². The van der Waals surface area contributed by atoms with Crippen LogP contribution in [-0.4, -0.2) is 79.5 Å². The van der Waals surface area contributed by atoms with Gasteiger partial charge >= 0.3 is 12.0 Å². The minimum Gasteiger partial charge on any atom is -0.488 e. The van der Waals surface area contributed by atoms with Crippen LogP contribution in [0.5, 0.6) is 5.75 Å². The van der Waals surface area contributed by atoms with Crippen LogP contribution in [0.15, 0.2) is 18.3 Å². The molecule has 8 nitrogen and oxygen atoms in total. The quantitative estimate of drug-likeness (QED) is 0.509.